The van der Waals surface area contributed by atoms with E-state index in [1.807, 2.05) is 0 Å². The number of amides is 2. The quantitative estimate of drug-likeness (QED) is 0.763. The van der Waals surface area contributed by atoms with Gasteiger partial charge >= 0.3 is 5.97 Å². The predicted octanol–water partition coefficient (Wildman–Crippen LogP) is 0.00760. The summed E-state index contributed by atoms with van der Waals surface area (Å²) in [7, 11) is -1.35. The van der Waals surface area contributed by atoms with Crippen molar-refractivity contribution in [3.8, 4) is 0 Å². The van der Waals surface area contributed by atoms with E-state index in [0.717, 1.165) is 15.3 Å². The van der Waals surface area contributed by atoms with Gasteiger partial charge < -0.3 is 5.11 Å². The van der Waals surface area contributed by atoms with E-state index < -0.39 is 27.8 Å². The van der Waals surface area contributed by atoms with Crippen LogP contribution in [0.25, 0.3) is 0 Å². The minimum Gasteiger partial charge on any atom is -0.481 e. The molecule has 0 spiro atoms. The van der Waals surface area contributed by atoms with Gasteiger partial charge in [-0.1, -0.05) is 0 Å². The number of fused-ring (bicyclic) bond motifs is 1. The van der Waals surface area contributed by atoms with Crippen LogP contribution in [0, 0.1) is 0 Å². The molecule has 1 aliphatic heterocycles. The fourth-order valence-electron chi connectivity index (χ4n) is 2.05. The number of carboxylic acids is 1. The summed E-state index contributed by atoms with van der Waals surface area (Å²) in [5.74, 6) is -2.16. The van der Waals surface area contributed by atoms with E-state index in [1.54, 1.807) is 0 Å². The Hall–Kier alpha value is -2.26. The van der Waals surface area contributed by atoms with Gasteiger partial charge in [0.05, 0.1) is 22.4 Å². The maximum absolute atomic E-state index is 12.3. The standard InChI is InChI=1S/C13H14N2O6S/c1-14(6-5-11(16)17)22(20,21)8-3-4-9-10(7-8)13(19)15(2)12(9)18/h3-4,7H,5-6H2,1-2H3,(H,16,17). The van der Waals surface area contributed by atoms with Gasteiger partial charge in [0.2, 0.25) is 10.0 Å². The third-order valence-corrected chi connectivity index (χ3v) is 5.26. The summed E-state index contributed by atoms with van der Waals surface area (Å²) in [6, 6.07) is 3.67. The number of benzene rings is 1. The second-order valence-electron chi connectivity index (χ2n) is 4.85. The number of imide groups is 1. The van der Waals surface area contributed by atoms with Gasteiger partial charge in [-0.3, -0.25) is 19.3 Å². The monoisotopic (exact) mass is 326 g/mol. The first kappa shape index (κ1) is 16.1. The van der Waals surface area contributed by atoms with E-state index in [2.05, 4.69) is 0 Å². The molecule has 0 aromatic heterocycles. The average Bonchev–Trinajstić information content (AvgIpc) is 2.69. The van der Waals surface area contributed by atoms with Crippen molar-refractivity contribution in [3.05, 3.63) is 29.3 Å². The molecule has 0 atom stereocenters. The highest BCUT2D eigenvalue weighted by molar-refractivity contribution is 7.89. The third kappa shape index (κ3) is 2.60. The summed E-state index contributed by atoms with van der Waals surface area (Å²) in [6.07, 6.45) is -0.333. The van der Waals surface area contributed by atoms with Gasteiger partial charge in [0.15, 0.2) is 0 Å². The summed E-state index contributed by atoms with van der Waals surface area (Å²) >= 11 is 0. The Morgan fingerprint density at radius 3 is 2.41 bits per heavy atom. The summed E-state index contributed by atoms with van der Waals surface area (Å²) in [4.78, 5) is 34.9. The van der Waals surface area contributed by atoms with Crippen LogP contribution in [0.3, 0.4) is 0 Å². The van der Waals surface area contributed by atoms with Crippen molar-refractivity contribution in [1.82, 2.24) is 9.21 Å². The summed E-state index contributed by atoms with van der Waals surface area (Å²) in [5, 5.41) is 8.61. The zero-order chi connectivity index (χ0) is 16.7. The van der Waals surface area contributed by atoms with Crippen LogP contribution >= 0.6 is 0 Å². The maximum Gasteiger partial charge on any atom is 0.304 e. The van der Waals surface area contributed by atoms with Gasteiger partial charge in [0.1, 0.15) is 0 Å². The van der Waals surface area contributed by atoms with E-state index in [-0.39, 0.29) is 29.0 Å². The Bertz CT molecular complexity index is 771. The van der Waals surface area contributed by atoms with Crippen LogP contribution in [0.1, 0.15) is 27.1 Å². The highest BCUT2D eigenvalue weighted by Gasteiger charge is 2.34. The molecule has 2 amide bonds. The lowest BCUT2D eigenvalue weighted by Gasteiger charge is -2.16. The zero-order valence-corrected chi connectivity index (χ0v) is 12.8. The molecule has 22 heavy (non-hydrogen) atoms. The molecular weight excluding hydrogens is 312 g/mol. The predicted molar refractivity (Wildman–Crippen MR) is 74.9 cm³/mol. The molecule has 1 aliphatic rings. The van der Waals surface area contributed by atoms with Crippen LogP contribution in [0.4, 0.5) is 0 Å². The summed E-state index contributed by atoms with van der Waals surface area (Å²) in [5.41, 5.74) is 0.180. The number of rotatable bonds is 5. The Labute approximate surface area is 127 Å². The van der Waals surface area contributed by atoms with Gasteiger partial charge in [0.25, 0.3) is 11.8 Å². The normalized spacial score (nSPS) is 14.6. The van der Waals surface area contributed by atoms with Crippen LogP contribution in [-0.2, 0) is 14.8 Å². The third-order valence-electron chi connectivity index (χ3n) is 3.41. The van der Waals surface area contributed by atoms with Gasteiger partial charge in [-0.2, -0.15) is 0 Å². The SMILES string of the molecule is CN1C(=O)c2ccc(S(=O)(=O)N(C)CCC(=O)O)cc2C1=O. The van der Waals surface area contributed by atoms with Crippen LogP contribution < -0.4 is 0 Å². The smallest absolute Gasteiger partial charge is 0.304 e. The molecule has 1 heterocycles. The Balaban J connectivity index is 2.37. The minimum atomic E-state index is -3.93. The first-order valence-corrected chi connectivity index (χ1v) is 7.75. The molecule has 1 aromatic carbocycles. The molecule has 0 aliphatic carbocycles. The first-order valence-electron chi connectivity index (χ1n) is 6.31. The fourth-order valence-corrected chi connectivity index (χ4v) is 3.25. The fraction of sp³-hybridized carbons (Fsp3) is 0.308. The number of hydrogen-bond donors (Lipinski definition) is 1. The second kappa shape index (κ2) is 5.50. The minimum absolute atomic E-state index is 0.0280. The van der Waals surface area contributed by atoms with Crippen LogP contribution in [0.5, 0.6) is 0 Å². The molecule has 0 bridgehead atoms. The molecule has 8 nitrogen and oxygen atoms in total. The average molecular weight is 326 g/mol. The molecule has 1 aromatic rings. The van der Waals surface area contributed by atoms with Crippen molar-refractivity contribution < 1.29 is 27.9 Å². The van der Waals surface area contributed by atoms with Crippen LogP contribution in [0.15, 0.2) is 23.1 Å². The highest BCUT2D eigenvalue weighted by Crippen LogP contribution is 2.25. The van der Waals surface area contributed by atoms with Gasteiger partial charge in [-0.25, -0.2) is 12.7 Å². The number of carbonyl (C=O) groups excluding carboxylic acids is 2. The number of sulfonamides is 1. The maximum atomic E-state index is 12.3. The van der Waals surface area contributed by atoms with Crippen molar-refractivity contribution in [2.75, 3.05) is 20.6 Å². The van der Waals surface area contributed by atoms with Crippen molar-refractivity contribution in [3.63, 3.8) is 0 Å². The largest absolute Gasteiger partial charge is 0.481 e. The first-order chi connectivity index (χ1) is 10.2. The zero-order valence-electron chi connectivity index (χ0n) is 11.9. The van der Waals surface area contributed by atoms with Crippen molar-refractivity contribution >= 4 is 27.8 Å². The number of aliphatic carboxylic acids is 1. The van der Waals surface area contributed by atoms with E-state index in [4.69, 9.17) is 5.11 Å². The summed E-state index contributed by atoms with van der Waals surface area (Å²) < 4.78 is 25.6. The second-order valence-corrected chi connectivity index (χ2v) is 6.89. The van der Waals surface area contributed by atoms with E-state index >= 15 is 0 Å². The summed E-state index contributed by atoms with van der Waals surface area (Å²) in [6.45, 7) is -0.193. The van der Waals surface area contributed by atoms with Gasteiger partial charge in [-0.15, -0.1) is 0 Å². The lowest BCUT2D eigenvalue weighted by Crippen LogP contribution is -2.29. The molecule has 0 unspecified atom stereocenters. The van der Waals surface area contributed by atoms with Crippen molar-refractivity contribution in [2.45, 2.75) is 11.3 Å². The lowest BCUT2D eigenvalue weighted by molar-refractivity contribution is -0.137. The van der Waals surface area contributed by atoms with Crippen molar-refractivity contribution in [2.24, 2.45) is 0 Å². The van der Waals surface area contributed by atoms with E-state index in [0.29, 0.717) is 0 Å². The van der Waals surface area contributed by atoms with E-state index in [9.17, 15) is 22.8 Å². The number of carbonyl (C=O) groups is 3. The van der Waals surface area contributed by atoms with Gasteiger partial charge in [0, 0.05) is 20.6 Å². The van der Waals surface area contributed by atoms with Crippen molar-refractivity contribution in [1.29, 1.82) is 0 Å². The molecule has 1 N–H and O–H groups in total. The molecule has 9 heteroatoms. The number of nitrogens with zero attached hydrogens (tertiary/aromatic N) is 2. The van der Waals surface area contributed by atoms with Gasteiger partial charge in [-0.05, 0) is 18.2 Å². The molecule has 0 saturated carbocycles. The van der Waals surface area contributed by atoms with E-state index in [1.165, 1.54) is 26.2 Å². The molecule has 0 radical (unpaired) electrons. The molecular formula is C13H14N2O6S. The highest BCUT2D eigenvalue weighted by atomic mass is 32.2. The Morgan fingerprint density at radius 1 is 1.23 bits per heavy atom. The van der Waals surface area contributed by atoms with Crippen LogP contribution in [-0.4, -0.2) is 61.2 Å². The Morgan fingerprint density at radius 2 is 1.82 bits per heavy atom. The number of hydrogen-bond acceptors (Lipinski definition) is 5. The molecule has 0 saturated heterocycles. The van der Waals surface area contributed by atoms with Crippen LogP contribution in [0.2, 0.25) is 0 Å². The Kier molecular flexibility index (Phi) is 4.03. The number of carboxylic acid groups (broad SMARTS) is 1. The molecule has 2 rings (SSSR count). The lowest BCUT2D eigenvalue weighted by atomic mass is 10.1. The topological polar surface area (TPSA) is 112 Å². The molecule has 118 valence electrons. The molecule has 0 fully saturated rings.